The lowest BCUT2D eigenvalue weighted by molar-refractivity contribution is -0.137. The molecule has 3 aromatic rings. The SMILES string of the molecule is CCOC(O)c1nc(-c2cccc(C#C[C@]3(O)CCN(C)C3=O)c2)nc2cc(OC)ccc12. The number of likely N-dealkylation sites (N-methyl/N-ethyl adjacent to an activating group) is 1. The molecule has 1 aromatic heterocycles. The Hall–Kier alpha value is -3.51. The van der Waals surface area contributed by atoms with Gasteiger partial charge in [-0.15, -0.1) is 0 Å². The van der Waals surface area contributed by atoms with Crippen LogP contribution in [0.4, 0.5) is 0 Å². The highest BCUT2D eigenvalue weighted by atomic mass is 16.6. The molecular formula is C25H25N3O5. The zero-order valence-corrected chi connectivity index (χ0v) is 18.7. The van der Waals surface area contributed by atoms with E-state index in [4.69, 9.17) is 9.47 Å². The van der Waals surface area contributed by atoms with Crippen LogP contribution in [0.1, 0.15) is 30.9 Å². The van der Waals surface area contributed by atoms with Crippen LogP contribution in [0.15, 0.2) is 42.5 Å². The van der Waals surface area contributed by atoms with Gasteiger partial charge < -0.3 is 24.6 Å². The summed E-state index contributed by atoms with van der Waals surface area (Å²) in [6, 6.07) is 12.5. The normalized spacial score (nSPS) is 18.8. The molecule has 1 aliphatic heterocycles. The van der Waals surface area contributed by atoms with Crippen molar-refractivity contribution in [3.8, 4) is 29.0 Å². The van der Waals surface area contributed by atoms with Crippen molar-refractivity contribution in [1.82, 2.24) is 14.9 Å². The van der Waals surface area contributed by atoms with Crippen LogP contribution in [0, 0.1) is 11.8 Å². The minimum absolute atomic E-state index is 0.267. The minimum Gasteiger partial charge on any atom is -0.497 e. The Kier molecular flexibility index (Phi) is 6.29. The van der Waals surface area contributed by atoms with Gasteiger partial charge in [0.1, 0.15) is 11.4 Å². The smallest absolute Gasteiger partial charge is 0.267 e. The number of hydrogen-bond donors (Lipinski definition) is 2. The number of fused-ring (bicyclic) bond motifs is 1. The fraction of sp³-hybridized carbons (Fsp3) is 0.320. The van der Waals surface area contributed by atoms with Crippen LogP contribution < -0.4 is 4.74 Å². The van der Waals surface area contributed by atoms with E-state index in [-0.39, 0.29) is 6.42 Å². The monoisotopic (exact) mass is 447 g/mol. The van der Waals surface area contributed by atoms with Crippen molar-refractivity contribution in [3.63, 3.8) is 0 Å². The molecule has 2 N–H and O–H groups in total. The number of aliphatic hydroxyl groups is 2. The largest absolute Gasteiger partial charge is 0.497 e. The van der Waals surface area contributed by atoms with Gasteiger partial charge in [-0.3, -0.25) is 4.79 Å². The number of methoxy groups -OCH3 is 1. The van der Waals surface area contributed by atoms with Crippen molar-refractivity contribution in [3.05, 3.63) is 53.7 Å². The van der Waals surface area contributed by atoms with Crippen LogP contribution >= 0.6 is 0 Å². The highest BCUT2D eigenvalue weighted by Crippen LogP contribution is 2.29. The number of rotatable bonds is 5. The summed E-state index contributed by atoms with van der Waals surface area (Å²) in [4.78, 5) is 22.9. The predicted octanol–water partition coefficient (Wildman–Crippen LogP) is 2.28. The topological polar surface area (TPSA) is 105 Å². The van der Waals surface area contributed by atoms with Gasteiger partial charge >= 0.3 is 0 Å². The molecule has 8 heteroatoms. The Morgan fingerprint density at radius 2 is 2.06 bits per heavy atom. The molecule has 170 valence electrons. The zero-order chi connectivity index (χ0) is 23.6. The third-order valence-corrected chi connectivity index (χ3v) is 5.54. The summed E-state index contributed by atoms with van der Waals surface area (Å²) in [6.45, 7) is 2.57. The molecule has 1 fully saturated rings. The Labute approximate surface area is 191 Å². The Morgan fingerprint density at radius 3 is 2.76 bits per heavy atom. The van der Waals surface area contributed by atoms with Crippen LogP contribution in [0.25, 0.3) is 22.3 Å². The summed E-state index contributed by atoms with van der Waals surface area (Å²) < 4.78 is 10.7. The maximum atomic E-state index is 12.2. The van der Waals surface area contributed by atoms with Crippen molar-refractivity contribution in [1.29, 1.82) is 0 Å². The third kappa shape index (κ3) is 4.52. The number of carbonyl (C=O) groups is 1. The molecule has 0 radical (unpaired) electrons. The van der Waals surface area contributed by atoms with Gasteiger partial charge in [0.05, 0.1) is 12.6 Å². The lowest BCUT2D eigenvalue weighted by Gasteiger charge is -2.15. The Morgan fingerprint density at radius 1 is 1.24 bits per heavy atom. The van der Waals surface area contributed by atoms with E-state index >= 15 is 0 Å². The molecule has 1 aliphatic rings. The molecule has 2 atom stereocenters. The van der Waals surface area contributed by atoms with Crippen LogP contribution in [-0.4, -0.2) is 63.9 Å². The Balaban J connectivity index is 1.76. The maximum absolute atomic E-state index is 12.2. The van der Waals surface area contributed by atoms with Crippen molar-refractivity contribution in [2.45, 2.75) is 25.2 Å². The molecule has 2 aromatic carbocycles. The van der Waals surface area contributed by atoms with Crippen LogP contribution in [-0.2, 0) is 9.53 Å². The van der Waals surface area contributed by atoms with E-state index in [2.05, 4.69) is 21.8 Å². The molecule has 8 nitrogen and oxygen atoms in total. The first-order chi connectivity index (χ1) is 15.8. The highest BCUT2D eigenvalue weighted by molar-refractivity contribution is 5.90. The van der Waals surface area contributed by atoms with E-state index in [0.29, 0.717) is 52.4 Å². The number of likely N-dealkylation sites (tertiary alicyclic amines) is 1. The minimum atomic E-state index is -1.67. The summed E-state index contributed by atoms with van der Waals surface area (Å²) in [7, 11) is 3.21. The number of aromatic nitrogens is 2. The van der Waals surface area contributed by atoms with E-state index in [0.717, 1.165) is 0 Å². The van der Waals surface area contributed by atoms with Crippen LogP contribution in [0.2, 0.25) is 0 Å². The second-order valence-corrected chi connectivity index (χ2v) is 7.79. The van der Waals surface area contributed by atoms with Gasteiger partial charge in [0.25, 0.3) is 5.91 Å². The summed E-state index contributed by atoms with van der Waals surface area (Å²) in [5.41, 5.74) is 0.543. The second kappa shape index (κ2) is 9.16. The fourth-order valence-electron chi connectivity index (χ4n) is 3.70. The molecule has 2 heterocycles. The lowest BCUT2D eigenvalue weighted by atomic mass is 10.0. The van der Waals surface area contributed by atoms with Gasteiger partial charge in [-0.05, 0) is 31.2 Å². The number of hydrogen-bond acceptors (Lipinski definition) is 7. The first-order valence-corrected chi connectivity index (χ1v) is 10.6. The number of benzene rings is 2. The van der Waals surface area contributed by atoms with E-state index in [9.17, 15) is 15.0 Å². The molecule has 0 saturated carbocycles. The summed E-state index contributed by atoms with van der Waals surface area (Å²) in [6.07, 6.45) is -0.946. The molecule has 1 amide bonds. The third-order valence-electron chi connectivity index (χ3n) is 5.54. The summed E-state index contributed by atoms with van der Waals surface area (Å²) >= 11 is 0. The molecule has 33 heavy (non-hydrogen) atoms. The van der Waals surface area contributed by atoms with Gasteiger partial charge in [0.15, 0.2) is 12.1 Å². The number of ether oxygens (including phenoxy) is 2. The van der Waals surface area contributed by atoms with Crippen molar-refractivity contribution >= 4 is 16.8 Å². The fourth-order valence-corrected chi connectivity index (χ4v) is 3.70. The van der Waals surface area contributed by atoms with E-state index in [1.807, 2.05) is 6.07 Å². The first-order valence-electron chi connectivity index (χ1n) is 10.6. The number of nitrogens with zero attached hydrogens (tertiary/aromatic N) is 3. The molecule has 1 unspecified atom stereocenters. The van der Waals surface area contributed by atoms with Gasteiger partial charge in [0.2, 0.25) is 5.60 Å². The number of amides is 1. The quantitative estimate of drug-likeness (QED) is 0.457. The van der Waals surface area contributed by atoms with E-state index in [1.165, 1.54) is 4.90 Å². The average molecular weight is 447 g/mol. The lowest BCUT2D eigenvalue weighted by Crippen LogP contribution is -2.37. The molecule has 1 saturated heterocycles. The zero-order valence-electron chi connectivity index (χ0n) is 18.7. The second-order valence-electron chi connectivity index (χ2n) is 7.79. The van der Waals surface area contributed by atoms with Gasteiger partial charge in [0, 0.05) is 49.2 Å². The Bertz CT molecular complexity index is 1270. The van der Waals surface area contributed by atoms with Crippen molar-refractivity contribution in [2.75, 3.05) is 27.3 Å². The van der Waals surface area contributed by atoms with E-state index < -0.39 is 17.8 Å². The molecular weight excluding hydrogens is 422 g/mol. The van der Waals surface area contributed by atoms with Gasteiger partial charge in [-0.1, -0.05) is 24.0 Å². The van der Waals surface area contributed by atoms with E-state index in [1.54, 1.807) is 57.5 Å². The maximum Gasteiger partial charge on any atom is 0.267 e. The standard InChI is InChI=1S/C25H25N3O5/c1-4-33-23(29)21-19-9-8-18(32-3)15-20(19)26-22(27-21)17-7-5-6-16(14-17)10-11-25(31)12-13-28(2)24(25)30/h5-9,14-15,23,29,31H,4,12-13H2,1-3H3/t23?,25-/m0/s1. The van der Waals surface area contributed by atoms with Gasteiger partial charge in [-0.25, -0.2) is 9.97 Å². The first kappa shape index (κ1) is 22.7. The van der Waals surface area contributed by atoms with Crippen molar-refractivity contribution in [2.24, 2.45) is 0 Å². The van der Waals surface area contributed by atoms with Crippen LogP contribution in [0.5, 0.6) is 5.75 Å². The number of carbonyl (C=O) groups excluding carboxylic acids is 1. The molecule has 0 spiro atoms. The van der Waals surface area contributed by atoms with Gasteiger partial charge in [-0.2, -0.15) is 0 Å². The highest BCUT2D eigenvalue weighted by Gasteiger charge is 2.42. The molecule has 0 bridgehead atoms. The average Bonchev–Trinajstić information content (AvgIpc) is 3.09. The molecule has 0 aliphatic carbocycles. The number of aliphatic hydroxyl groups excluding tert-OH is 1. The predicted molar refractivity (Wildman–Crippen MR) is 122 cm³/mol. The summed E-state index contributed by atoms with van der Waals surface area (Å²) in [5.74, 6) is 6.24. The van der Waals surface area contributed by atoms with Crippen molar-refractivity contribution < 1.29 is 24.5 Å². The van der Waals surface area contributed by atoms with Crippen LogP contribution in [0.3, 0.4) is 0 Å². The summed E-state index contributed by atoms with van der Waals surface area (Å²) in [5, 5.41) is 21.7. The molecule has 4 rings (SSSR count).